The van der Waals surface area contributed by atoms with Crippen molar-refractivity contribution in [3.63, 3.8) is 0 Å². The van der Waals surface area contributed by atoms with E-state index in [-0.39, 0.29) is 5.69 Å². The van der Waals surface area contributed by atoms with Gasteiger partial charge in [-0.1, -0.05) is 12.1 Å². The number of rotatable bonds is 5. The van der Waals surface area contributed by atoms with Gasteiger partial charge in [0.15, 0.2) is 0 Å². The fourth-order valence-corrected chi connectivity index (χ4v) is 1.46. The van der Waals surface area contributed by atoms with E-state index in [0.29, 0.717) is 13.0 Å². The Morgan fingerprint density at radius 2 is 1.88 bits per heavy atom. The van der Waals surface area contributed by atoms with E-state index in [9.17, 15) is 13.2 Å². The first-order valence-electron chi connectivity index (χ1n) is 5.39. The fraction of sp³-hybridized carbons (Fsp3) is 0.385. The van der Waals surface area contributed by atoms with Crippen LogP contribution >= 0.6 is 0 Å². The molecule has 0 heterocycles. The zero-order chi connectivity index (χ0) is 12.7. The van der Waals surface area contributed by atoms with Crippen LogP contribution in [0.5, 0.6) is 0 Å². The Hall–Kier alpha value is -1.63. The van der Waals surface area contributed by atoms with Crippen LogP contribution in [0.15, 0.2) is 24.3 Å². The summed E-state index contributed by atoms with van der Waals surface area (Å²) in [6.07, 6.45) is 3.00. The Morgan fingerprint density at radius 3 is 2.53 bits per heavy atom. The third kappa shape index (κ3) is 4.39. The number of halogens is 3. The highest BCUT2D eigenvalue weighted by Gasteiger charge is 2.32. The first kappa shape index (κ1) is 13.4. The van der Waals surface area contributed by atoms with Crippen LogP contribution < -0.4 is 5.32 Å². The molecule has 0 aliphatic rings. The molecule has 0 amide bonds. The van der Waals surface area contributed by atoms with Crippen LogP contribution in [0.3, 0.4) is 0 Å². The monoisotopic (exact) mass is 241 g/mol. The largest absolute Gasteiger partial charge is 0.418 e. The molecule has 0 unspecified atom stereocenters. The maximum absolute atomic E-state index is 12.6. The Labute approximate surface area is 99.0 Å². The van der Waals surface area contributed by atoms with E-state index in [1.165, 1.54) is 12.1 Å². The zero-order valence-electron chi connectivity index (χ0n) is 9.35. The van der Waals surface area contributed by atoms with Crippen LogP contribution in [0.2, 0.25) is 0 Å². The summed E-state index contributed by atoms with van der Waals surface area (Å²) in [5.74, 6) is 2.49. The molecular weight excluding hydrogens is 227 g/mol. The highest BCUT2D eigenvalue weighted by atomic mass is 19.4. The predicted octanol–water partition coefficient (Wildman–Crippen LogP) is 3.92. The zero-order valence-corrected chi connectivity index (χ0v) is 9.35. The second-order valence-corrected chi connectivity index (χ2v) is 3.63. The topological polar surface area (TPSA) is 12.0 Å². The van der Waals surface area contributed by atoms with Gasteiger partial charge >= 0.3 is 6.18 Å². The predicted molar refractivity (Wildman–Crippen MR) is 62.6 cm³/mol. The Morgan fingerprint density at radius 1 is 1.18 bits per heavy atom. The molecule has 92 valence electrons. The van der Waals surface area contributed by atoms with Crippen molar-refractivity contribution in [3.05, 3.63) is 29.8 Å². The summed E-state index contributed by atoms with van der Waals surface area (Å²) in [5, 5.41) is 2.79. The van der Waals surface area contributed by atoms with E-state index >= 15 is 0 Å². The SMILES string of the molecule is C#CCCCCNc1ccccc1C(F)(F)F. The van der Waals surface area contributed by atoms with Gasteiger partial charge in [0.2, 0.25) is 0 Å². The van der Waals surface area contributed by atoms with Crippen molar-refractivity contribution in [2.75, 3.05) is 11.9 Å². The van der Waals surface area contributed by atoms with Crippen molar-refractivity contribution in [2.24, 2.45) is 0 Å². The second-order valence-electron chi connectivity index (χ2n) is 3.63. The van der Waals surface area contributed by atoms with E-state index in [1.54, 1.807) is 6.07 Å². The lowest BCUT2D eigenvalue weighted by Gasteiger charge is -2.13. The third-order valence-corrected chi connectivity index (χ3v) is 2.30. The van der Waals surface area contributed by atoms with Crippen molar-refractivity contribution < 1.29 is 13.2 Å². The maximum atomic E-state index is 12.6. The van der Waals surface area contributed by atoms with E-state index in [4.69, 9.17) is 6.42 Å². The van der Waals surface area contributed by atoms with Crippen molar-refractivity contribution in [3.8, 4) is 12.3 Å². The molecule has 1 aromatic rings. The van der Waals surface area contributed by atoms with Crippen LogP contribution in [-0.4, -0.2) is 6.54 Å². The molecule has 0 spiro atoms. The number of hydrogen-bond donors (Lipinski definition) is 1. The first-order valence-corrected chi connectivity index (χ1v) is 5.39. The number of para-hydroxylation sites is 1. The molecule has 0 radical (unpaired) electrons. The number of benzene rings is 1. The number of terminal acetylenes is 1. The van der Waals surface area contributed by atoms with Gasteiger partial charge in [0, 0.05) is 18.7 Å². The summed E-state index contributed by atoms with van der Waals surface area (Å²) in [6.45, 7) is 0.495. The molecule has 17 heavy (non-hydrogen) atoms. The van der Waals surface area contributed by atoms with Crippen molar-refractivity contribution in [1.29, 1.82) is 0 Å². The van der Waals surface area contributed by atoms with Gasteiger partial charge in [-0.15, -0.1) is 12.3 Å². The van der Waals surface area contributed by atoms with Gasteiger partial charge in [-0.3, -0.25) is 0 Å². The Bertz CT molecular complexity index is 390. The van der Waals surface area contributed by atoms with Gasteiger partial charge < -0.3 is 5.32 Å². The number of unbranched alkanes of at least 4 members (excludes halogenated alkanes) is 2. The van der Waals surface area contributed by atoms with Crippen LogP contribution in [0.25, 0.3) is 0 Å². The summed E-state index contributed by atoms with van der Waals surface area (Å²) in [7, 11) is 0. The number of hydrogen-bond acceptors (Lipinski definition) is 1. The van der Waals surface area contributed by atoms with E-state index < -0.39 is 11.7 Å². The number of anilines is 1. The number of nitrogens with one attached hydrogen (secondary N) is 1. The van der Waals surface area contributed by atoms with Crippen LogP contribution in [-0.2, 0) is 6.18 Å². The van der Waals surface area contributed by atoms with Crippen LogP contribution in [0.1, 0.15) is 24.8 Å². The minimum atomic E-state index is -4.32. The van der Waals surface area contributed by atoms with E-state index in [0.717, 1.165) is 18.9 Å². The third-order valence-electron chi connectivity index (χ3n) is 2.30. The quantitative estimate of drug-likeness (QED) is 0.608. The van der Waals surface area contributed by atoms with Crippen LogP contribution in [0.4, 0.5) is 18.9 Å². The summed E-state index contributed by atoms with van der Waals surface area (Å²) in [5.41, 5.74) is -0.502. The standard InChI is InChI=1S/C13H14F3N/c1-2-3-4-7-10-17-12-9-6-5-8-11(12)13(14,15)16/h1,5-6,8-9,17H,3-4,7,10H2. The number of alkyl halides is 3. The molecule has 1 aromatic carbocycles. The first-order chi connectivity index (χ1) is 8.05. The molecule has 0 saturated heterocycles. The lowest BCUT2D eigenvalue weighted by molar-refractivity contribution is -0.136. The molecule has 0 fully saturated rings. The minimum absolute atomic E-state index is 0.126. The van der Waals surface area contributed by atoms with Crippen molar-refractivity contribution in [1.82, 2.24) is 0 Å². The van der Waals surface area contributed by atoms with Gasteiger partial charge in [-0.25, -0.2) is 0 Å². The fourth-order valence-electron chi connectivity index (χ4n) is 1.46. The van der Waals surface area contributed by atoms with E-state index in [2.05, 4.69) is 11.2 Å². The van der Waals surface area contributed by atoms with E-state index in [1.807, 2.05) is 0 Å². The average Bonchev–Trinajstić information content (AvgIpc) is 2.28. The van der Waals surface area contributed by atoms with Crippen molar-refractivity contribution in [2.45, 2.75) is 25.4 Å². The maximum Gasteiger partial charge on any atom is 0.418 e. The smallest absolute Gasteiger partial charge is 0.385 e. The van der Waals surface area contributed by atoms with Crippen molar-refractivity contribution >= 4 is 5.69 Å². The Kier molecular flexibility index (Phi) is 4.89. The summed E-state index contributed by atoms with van der Waals surface area (Å²) in [4.78, 5) is 0. The van der Waals surface area contributed by atoms with Gasteiger partial charge in [0.1, 0.15) is 0 Å². The molecule has 0 bridgehead atoms. The summed E-state index contributed by atoms with van der Waals surface area (Å²) < 4.78 is 37.8. The molecule has 0 aliphatic carbocycles. The molecule has 0 aromatic heterocycles. The molecule has 0 saturated carbocycles. The molecule has 1 nitrogen and oxygen atoms in total. The lowest BCUT2D eigenvalue weighted by Crippen LogP contribution is -2.11. The molecule has 4 heteroatoms. The summed E-state index contributed by atoms with van der Waals surface area (Å²) >= 11 is 0. The Balaban J connectivity index is 2.56. The lowest BCUT2D eigenvalue weighted by atomic mass is 10.1. The second kappa shape index (κ2) is 6.19. The normalized spacial score (nSPS) is 10.9. The van der Waals surface area contributed by atoms with Gasteiger partial charge in [-0.05, 0) is 25.0 Å². The minimum Gasteiger partial charge on any atom is -0.385 e. The highest BCUT2D eigenvalue weighted by Crippen LogP contribution is 2.34. The average molecular weight is 241 g/mol. The van der Waals surface area contributed by atoms with Gasteiger partial charge in [0.05, 0.1) is 5.56 Å². The molecular formula is C13H14F3N. The van der Waals surface area contributed by atoms with Gasteiger partial charge in [0.25, 0.3) is 0 Å². The van der Waals surface area contributed by atoms with Gasteiger partial charge in [-0.2, -0.15) is 13.2 Å². The summed E-state index contributed by atoms with van der Waals surface area (Å²) in [6, 6.07) is 5.47. The molecule has 0 aliphatic heterocycles. The van der Waals surface area contributed by atoms with Crippen LogP contribution in [0, 0.1) is 12.3 Å². The molecule has 1 N–H and O–H groups in total. The molecule has 1 rings (SSSR count). The highest BCUT2D eigenvalue weighted by molar-refractivity contribution is 5.52. The molecule has 0 atom stereocenters.